The van der Waals surface area contributed by atoms with Gasteiger partial charge in [0.2, 0.25) is 0 Å². The van der Waals surface area contributed by atoms with E-state index < -0.39 is 23.7 Å². The number of hydrogen-bond donors (Lipinski definition) is 3. The Hall–Kier alpha value is -3.69. The number of alkyl halides is 3. The van der Waals surface area contributed by atoms with Crippen LogP contribution in [-0.2, 0) is 6.18 Å². The van der Waals surface area contributed by atoms with Crippen molar-refractivity contribution in [3.63, 3.8) is 0 Å². The lowest BCUT2D eigenvalue weighted by molar-refractivity contribution is -0.138. The van der Waals surface area contributed by atoms with Gasteiger partial charge >= 0.3 is 6.18 Å². The molecule has 1 amide bonds. The smallest absolute Gasteiger partial charge is 0.373 e. The van der Waals surface area contributed by atoms with E-state index in [1.54, 1.807) is 18.2 Å². The van der Waals surface area contributed by atoms with Gasteiger partial charge in [0.1, 0.15) is 11.5 Å². The monoisotopic (exact) mass is 486 g/mol. The molecule has 1 aromatic carbocycles. The van der Waals surface area contributed by atoms with Gasteiger partial charge < -0.3 is 21.0 Å². The Morgan fingerprint density at radius 2 is 1.94 bits per heavy atom. The van der Waals surface area contributed by atoms with Gasteiger partial charge in [0, 0.05) is 18.8 Å². The summed E-state index contributed by atoms with van der Waals surface area (Å²) in [6.45, 7) is 6.81. The fourth-order valence-electron chi connectivity index (χ4n) is 4.25. The number of rotatable bonds is 8. The second-order valence-corrected chi connectivity index (χ2v) is 8.42. The maximum Gasteiger partial charge on any atom is 0.416 e. The molecule has 7 nitrogen and oxygen atoms in total. The Bertz CT molecular complexity index is 1160. The van der Waals surface area contributed by atoms with Crippen LogP contribution in [0.3, 0.4) is 0 Å². The lowest BCUT2D eigenvalue weighted by Gasteiger charge is -2.29. The van der Waals surface area contributed by atoms with E-state index >= 15 is 0 Å². The molecule has 3 heterocycles. The third-order valence-corrected chi connectivity index (χ3v) is 5.87. The highest BCUT2D eigenvalue weighted by Gasteiger charge is 2.35. The maximum absolute atomic E-state index is 13.5. The van der Waals surface area contributed by atoms with Crippen molar-refractivity contribution >= 4 is 12.0 Å². The largest absolute Gasteiger partial charge is 0.416 e. The van der Waals surface area contributed by atoms with E-state index in [0.717, 1.165) is 37.7 Å². The molecule has 0 fully saturated rings. The minimum Gasteiger partial charge on any atom is -0.373 e. The quantitative estimate of drug-likeness (QED) is 0.516. The van der Waals surface area contributed by atoms with E-state index in [1.807, 2.05) is 12.2 Å². The number of nitrogens with zero attached hydrogens (tertiary/aromatic N) is 3. The summed E-state index contributed by atoms with van der Waals surface area (Å²) in [6.07, 6.45) is 6.02. The number of benzene rings is 1. The molecule has 2 aliphatic heterocycles. The van der Waals surface area contributed by atoms with Gasteiger partial charge in [0.15, 0.2) is 5.82 Å². The topological polar surface area (TPSA) is 74.2 Å². The molecule has 0 saturated heterocycles. The molecular weight excluding hydrogens is 457 g/mol. The summed E-state index contributed by atoms with van der Waals surface area (Å²) in [7, 11) is 0. The van der Waals surface area contributed by atoms with Gasteiger partial charge in [-0.05, 0) is 42.7 Å². The van der Waals surface area contributed by atoms with Crippen LogP contribution >= 0.6 is 0 Å². The van der Waals surface area contributed by atoms with Crippen LogP contribution in [0.4, 0.5) is 13.2 Å². The molecule has 3 N–H and O–H groups in total. The number of aromatic nitrogens is 2. The predicted octanol–water partition coefficient (Wildman–Crippen LogP) is 4.39. The minimum absolute atomic E-state index is 0.0694. The van der Waals surface area contributed by atoms with Gasteiger partial charge in [-0.2, -0.15) is 13.2 Å². The highest BCUT2D eigenvalue weighted by molar-refractivity contribution is 5.94. The molecule has 0 radical (unpaired) electrons. The summed E-state index contributed by atoms with van der Waals surface area (Å²) in [6, 6.07) is 4.61. The van der Waals surface area contributed by atoms with Crippen molar-refractivity contribution in [3.05, 3.63) is 82.9 Å². The van der Waals surface area contributed by atoms with Gasteiger partial charge in [-0.25, -0.2) is 9.66 Å². The Morgan fingerprint density at radius 3 is 2.60 bits per heavy atom. The molecule has 2 aromatic rings. The number of imidazole rings is 1. The highest BCUT2D eigenvalue weighted by Crippen LogP contribution is 2.36. The first-order valence-electron chi connectivity index (χ1n) is 11.7. The first kappa shape index (κ1) is 24.4. The fourth-order valence-corrected chi connectivity index (χ4v) is 4.25. The molecule has 35 heavy (non-hydrogen) atoms. The normalized spacial score (nSPS) is 17.0. The highest BCUT2D eigenvalue weighted by atomic mass is 19.4. The van der Waals surface area contributed by atoms with E-state index in [4.69, 9.17) is 0 Å². The second-order valence-electron chi connectivity index (χ2n) is 8.42. The number of nitrogens with one attached hydrogen (secondary N) is 3. The van der Waals surface area contributed by atoms with Crippen LogP contribution in [0, 0.1) is 0 Å². The van der Waals surface area contributed by atoms with Crippen LogP contribution in [0.5, 0.6) is 0 Å². The van der Waals surface area contributed by atoms with Crippen LogP contribution in [0.15, 0.2) is 60.2 Å². The number of carbonyl (C=O) groups excluding carboxylic acids is 1. The molecule has 2 aliphatic rings. The second kappa shape index (κ2) is 10.3. The Balaban J connectivity index is 1.50. The zero-order valence-corrected chi connectivity index (χ0v) is 19.7. The molecule has 1 aromatic heterocycles. The number of carbonyl (C=O) groups is 1. The van der Waals surface area contributed by atoms with Crippen molar-refractivity contribution < 1.29 is 18.0 Å². The standard InChI is InChI=1S/C25H29F3N6O/c1-3-13-33(14-4-2)17-9-11-22(29-15-17)31-24(35)21-16-30-23-12-10-20(32-34(21)23)18-7-5-6-8-19(18)25(26,27)28/h5-12,16,20,29,32H,3-4,13-15H2,1-2H3,(H,31,35). The van der Waals surface area contributed by atoms with Crippen molar-refractivity contribution in [2.45, 2.75) is 38.9 Å². The van der Waals surface area contributed by atoms with Crippen molar-refractivity contribution in [2.24, 2.45) is 0 Å². The Labute approximate surface area is 202 Å². The summed E-state index contributed by atoms with van der Waals surface area (Å²) in [5, 5.41) is 6.06. The Morgan fingerprint density at radius 1 is 1.20 bits per heavy atom. The van der Waals surface area contributed by atoms with Crippen molar-refractivity contribution in [3.8, 4) is 0 Å². The molecule has 0 spiro atoms. The molecule has 4 rings (SSSR count). The average molecular weight is 487 g/mol. The molecule has 0 saturated carbocycles. The molecule has 186 valence electrons. The van der Waals surface area contributed by atoms with Crippen molar-refractivity contribution in [2.75, 3.05) is 25.1 Å². The molecule has 0 bridgehead atoms. The first-order chi connectivity index (χ1) is 16.8. The van der Waals surface area contributed by atoms with E-state index in [9.17, 15) is 18.0 Å². The van der Waals surface area contributed by atoms with E-state index in [2.05, 4.69) is 39.8 Å². The van der Waals surface area contributed by atoms with Crippen LogP contribution in [-0.4, -0.2) is 40.1 Å². The number of hydrogen-bond acceptors (Lipinski definition) is 5. The van der Waals surface area contributed by atoms with Crippen LogP contribution in [0.25, 0.3) is 6.08 Å². The van der Waals surface area contributed by atoms with Crippen molar-refractivity contribution in [1.82, 2.24) is 25.2 Å². The summed E-state index contributed by atoms with van der Waals surface area (Å²) in [5.74, 6) is 0.551. The minimum atomic E-state index is -4.49. The van der Waals surface area contributed by atoms with Gasteiger partial charge in [-0.1, -0.05) is 38.1 Å². The van der Waals surface area contributed by atoms with Crippen LogP contribution < -0.4 is 16.1 Å². The number of allylic oxidation sites excluding steroid dienone is 2. The molecule has 1 unspecified atom stereocenters. The fraction of sp³-hybridized carbons (Fsp3) is 0.360. The summed E-state index contributed by atoms with van der Waals surface area (Å²) in [4.78, 5) is 19.6. The SMILES string of the molecule is CCCN(CCC)C1=CC=C(NC(=O)c2cnc3n2NC(c2ccccc2C(F)(F)F)C=C3)NC1. The zero-order chi connectivity index (χ0) is 25.0. The zero-order valence-electron chi connectivity index (χ0n) is 19.7. The van der Waals surface area contributed by atoms with Gasteiger partial charge in [-0.15, -0.1) is 0 Å². The lowest BCUT2D eigenvalue weighted by atomic mass is 9.99. The van der Waals surface area contributed by atoms with E-state index in [0.29, 0.717) is 18.2 Å². The van der Waals surface area contributed by atoms with Crippen LogP contribution in [0.2, 0.25) is 0 Å². The Kier molecular flexibility index (Phi) is 7.18. The maximum atomic E-state index is 13.5. The van der Waals surface area contributed by atoms with Crippen molar-refractivity contribution in [1.29, 1.82) is 0 Å². The summed E-state index contributed by atoms with van der Waals surface area (Å²) < 4.78 is 42.0. The van der Waals surface area contributed by atoms with Gasteiger partial charge in [0.05, 0.1) is 24.3 Å². The van der Waals surface area contributed by atoms with Gasteiger partial charge in [0.25, 0.3) is 5.91 Å². The van der Waals surface area contributed by atoms with E-state index in [1.165, 1.54) is 23.0 Å². The average Bonchev–Trinajstić information content (AvgIpc) is 3.27. The number of amides is 1. The summed E-state index contributed by atoms with van der Waals surface area (Å²) >= 11 is 0. The van der Waals surface area contributed by atoms with Crippen LogP contribution in [0.1, 0.15) is 60.2 Å². The lowest BCUT2D eigenvalue weighted by Crippen LogP contribution is -2.39. The third kappa shape index (κ3) is 5.36. The molecule has 10 heteroatoms. The molecular formula is C25H29F3N6O. The molecule has 0 aliphatic carbocycles. The third-order valence-electron chi connectivity index (χ3n) is 5.87. The number of halogens is 3. The number of dihydropyridines is 1. The number of fused-ring (bicyclic) bond motifs is 1. The first-order valence-corrected chi connectivity index (χ1v) is 11.7. The van der Waals surface area contributed by atoms with Gasteiger partial charge in [-0.3, -0.25) is 4.79 Å². The predicted molar refractivity (Wildman–Crippen MR) is 129 cm³/mol. The molecule has 1 atom stereocenters. The van der Waals surface area contributed by atoms with E-state index in [-0.39, 0.29) is 11.3 Å². The summed E-state index contributed by atoms with van der Waals surface area (Å²) in [5.41, 5.74) is 3.68.